The third-order valence-corrected chi connectivity index (χ3v) is 5.64. The van der Waals surface area contributed by atoms with Crippen molar-refractivity contribution in [2.75, 3.05) is 6.54 Å². The van der Waals surface area contributed by atoms with E-state index < -0.39 is 0 Å². The smallest absolute Gasteiger partial charge is 0.124 e. The molecule has 2 aromatic rings. The minimum Gasteiger partial charge on any atom is -0.306 e. The largest absolute Gasteiger partial charge is 0.306 e. The van der Waals surface area contributed by atoms with Gasteiger partial charge in [0.05, 0.1) is 9.83 Å². The highest BCUT2D eigenvalue weighted by Crippen LogP contribution is 2.35. The van der Waals surface area contributed by atoms with E-state index >= 15 is 0 Å². The van der Waals surface area contributed by atoms with Crippen molar-refractivity contribution in [3.05, 3.63) is 54.3 Å². The molecule has 0 aliphatic heterocycles. The molecular weight excluding hydrogens is 405 g/mol. The van der Waals surface area contributed by atoms with E-state index in [0.29, 0.717) is 0 Å². The Kier molecular flexibility index (Phi) is 5.78. The molecule has 0 spiro atoms. The molecule has 2 rings (SSSR count). The molecule has 108 valence electrons. The minimum absolute atomic E-state index is 0.0250. The first-order chi connectivity index (χ1) is 9.51. The van der Waals surface area contributed by atoms with E-state index in [1.807, 2.05) is 6.07 Å². The highest BCUT2D eigenvalue weighted by Gasteiger charge is 2.18. The highest BCUT2D eigenvalue weighted by atomic mass is 79.9. The third kappa shape index (κ3) is 3.91. The molecule has 1 N–H and O–H groups in total. The van der Waals surface area contributed by atoms with Crippen molar-refractivity contribution >= 4 is 43.2 Å². The number of benzene rings is 1. The lowest BCUT2D eigenvalue weighted by Crippen LogP contribution is -2.22. The van der Waals surface area contributed by atoms with E-state index in [0.717, 1.165) is 26.8 Å². The second kappa shape index (κ2) is 7.16. The summed E-state index contributed by atoms with van der Waals surface area (Å²) in [5.74, 6) is -0.218. The molecule has 0 saturated carbocycles. The second-order valence-electron chi connectivity index (χ2n) is 4.70. The fourth-order valence-electron chi connectivity index (χ4n) is 2.04. The average molecular weight is 421 g/mol. The van der Waals surface area contributed by atoms with Crippen LogP contribution in [0.25, 0.3) is 0 Å². The number of hydrogen-bond acceptors (Lipinski definition) is 2. The van der Waals surface area contributed by atoms with Gasteiger partial charge in [-0.3, -0.25) is 0 Å². The lowest BCUT2D eigenvalue weighted by atomic mass is 10.0. The maximum atomic E-state index is 13.6. The third-order valence-electron chi connectivity index (χ3n) is 2.98. The molecule has 0 fully saturated rings. The molecule has 1 aromatic heterocycles. The SMILES string of the molecule is CCCNC(c1cc(F)cc(Br)c1)c1cc(C)c(Br)s1. The molecule has 1 heterocycles. The maximum absolute atomic E-state index is 13.6. The van der Waals surface area contributed by atoms with Gasteiger partial charge in [0.25, 0.3) is 0 Å². The van der Waals surface area contributed by atoms with Gasteiger partial charge in [-0.1, -0.05) is 22.9 Å². The molecule has 0 aliphatic rings. The Morgan fingerprint density at radius 2 is 2.00 bits per heavy atom. The molecule has 1 unspecified atom stereocenters. The fourth-order valence-corrected chi connectivity index (χ4v) is 4.20. The van der Waals surface area contributed by atoms with Crippen molar-refractivity contribution in [3.63, 3.8) is 0 Å². The van der Waals surface area contributed by atoms with Crippen LogP contribution in [-0.4, -0.2) is 6.54 Å². The van der Waals surface area contributed by atoms with Gasteiger partial charge in [0, 0.05) is 9.35 Å². The normalized spacial score (nSPS) is 12.7. The summed E-state index contributed by atoms with van der Waals surface area (Å²) in [6, 6.07) is 7.23. The molecular formula is C15H16Br2FNS. The Morgan fingerprint density at radius 3 is 2.55 bits per heavy atom. The van der Waals surface area contributed by atoms with Crippen LogP contribution in [0.1, 0.15) is 35.4 Å². The number of nitrogens with one attached hydrogen (secondary N) is 1. The summed E-state index contributed by atoms with van der Waals surface area (Å²) in [7, 11) is 0. The Morgan fingerprint density at radius 1 is 1.25 bits per heavy atom. The summed E-state index contributed by atoms with van der Waals surface area (Å²) in [6.45, 7) is 5.09. The standard InChI is InChI=1S/C15H16Br2FNS/c1-3-4-19-14(13-5-9(2)15(17)20-13)10-6-11(16)8-12(18)7-10/h5-8,14,19H,3-4H2,1-2H3. The fraction of sp³-hybridized carbons (Fsp3) is 0.333. The number of thiophene rings is 1. The van der Waals surface area contributed by atoms with Gasteiger partial charge >= 0.3 is 0 Å². The molecule has 0 aliphatic carbocycles. The first kappa shape index (κ1) is 16.1. The molecule has 1 atom stereocenters. The molecule has 1 nitrogen and oxygen atoms in total. The monoisotopic (exact) mass is 419 g/mol. The van der Waals surface area contributed by atoms with E-state index in [1.165, 1.54) is 16.5 Å². The summed E-state index contributed by atoms with van der Waals surface area (Å²) in [5, 5.41) is 3.50. The van der Waals surface area contributed by atoms with Gasteiger partial charge in [-0.2, -0.15) is 0 Å². The van der Waals surface area contributed by atoms with Crippen LogP contribution in [0.15, 0.2) is 32.5 Å². The highest BCUT2D eigenvalue weighted by molar-refractivity contribution is 9.11. The van der Waals surface area contributed by atoms with Crippen LogP contribution in [-0.2, 0) is 0 Å². The molecule has 1 aromatic carbocycles. The van der Waals surface area contributed by atoms with Crippen molar-refractivity contribution < 1.29 is 4.39 Å². The minimum atomic E-state index is -0.218. The molecule has 0 radical (unpaired) electrons. The number of rotatable bonds is 5. The van der Waals surface area contributed by atoms with Gasteiger partial charge in [0.15, 0.2) is 0 Å². The van der Waals surface area contributed by atoms with Crippen LogP contribution >= 0.6 is 43.2 Å². The Bertz CT molecular complexity index is 558. The van der Waals surface area contributed by atoms with Gasteiger partial charge < -0.3 is 5.32 Å². The van der Waals surface area contributed by atoms with Crippen molar-refractivity contribution in [2.45, 2.75) is 26.3 Å². The van der Waals surface area contributed by atoms with E-state index in [2.05, 4.69) is 57.1 Å². The molecule has 5 heteroatoms. The molecule has 20 heavy (non-hydrogen) atoms. The van der Waals surface area contributed by atoms with Crippen molar-refractivity contribution in [2.24, 2.45) is 0 Å². The van der Waals surface area contributed by atoms with Crippen LogP contribution in [0.4, 0.5) is 4.39 Å². The van der Waals surface area contributed by atoms with E-state index in [9.17, 15) is 4.39 Å². The molecule has 0 amide bonds. The Hall–Kier alpha value is -0.230. The van der Waals surface area contributed by atoms with Crippen molar-refractivity contribution in [1.82, 2.24) is 5.32 Å². The lowest BCUT2D eigenvalue weighted by Gasteiger charge is -2.18. The lowest BCUT2D eigenvalue weighted by molar-refractivity contribution is 0.590. The Balaban J connectivity index is 2.40. The van der Waals surface area contributed by atoms with Gasteiger partial charge in [-0.05, 0) is 71.2 Å². The predicted octanol–water partition coefficient (Wildman–Crippen LogP) is 5.81. The quantitative estimate of drug-likeness (QED) is 0.643. The maximum Gasteiger partial charge on any atom is 0.124 e. The van der Waals surface area contributed by atoms with Crippen molar-refractivity contribution in [1.29, 1.82) is 0 Å². The van der Waals surface area contributed by atoms with Gasteiger partial charge in [-0.15, -0.1) is 11.3 Å². The first-order valence-corrected chi connectivity index (χ1v) is 8.86. The van der Waals surface area contributed by atoms with Crippen LogP contribution in [0.2, 0.25) is 0 Å². The number of aryl methyl sites for hydroxylation is 1. The van der Waals surface area contributed by atoms with Crippen LogP contribution < -0.4 is 5.32 Å². The Labute approximate surface area is 139 Å². The molecule has 0 bridgehead atoms. The number of halogens is 3. The molecule has 0 saturated heterocycles. The van der Waals surface area contributed by atoms with Crippen LogP contribution in [0.3, 0.4) is 0 Å². The summed E-state index contributed by atoms with van der Waals surface area (Å²) in [4.78, 5) is 1.19. The van der Waals surface area contributed by atoms with E-state index in [1.54, 1.807) is 17.4 Å². The summed E-state index contributed by atoms with van der Waals surface area (Å²) in [5.41, 5.74) is 2.16. The van der Waals surface area contributed by atoms with Gasteiger partial charge in [0.1, 0.15) is 5.82 Å². The summed E-state index contributed by atoms with van der Waals surface area (Å²) < 4.78 is 15.5. The zero-order chi connectivity index (χ0) is 14.7. The predicted molar refractivity (Wildman–Crippen MR) is 91.0 cm³/mol. The summed E-state index contributed by atoms with van der Waals surface area (Å²) in [6.07, 6.45) is 1.04. The summed E-state index contributed by atoms with van der Waals surface area (Å²) >= 11 is 8.63. The van der Waals surface area contributed by atoms with Crippen LogP contribution in [0, 0.1) is 12.7 Å². The average Bonchev–Trinajstić information content (AvgIpc) is 2.69. The van der Waals surface area contributed by atoms with E-state index in [4.69, 9.17) is 0 Å². The topological polar surface area (TPSA) is 12.0 Å². The zero-order valence-corrected chi connectivity index (χ0v) is 15.3. The zero-order valence-electron chi connectivity index (χ0n) is 11.3. The van der Waals surface area contributed by atoms with Crippen LogP contribution in [0.5, 0.6) is 0 Å². The van der Waals surface area contributed by atoms with E-state index in [-0.39, 0.29) is 11.9 Å². The van der Waals surface area contributed by atoms with Crippen molar-refractivity contribution in [3.8, 4) is 0 Å². The first-order valence-electron chi connectivity index (χ1n) is 6.46. The van der Waals surface area contributed by atoms with Gasteiger partial charge in [0.2, 0.25) is 0 Å². The van der Waals surface area contributed by atoms with Gasteiger partial charge in [-0.25, -0.2) is 4.39 Å². The number of hydrogen-bond donors (Lipinski definition) is 1. The second-order valence-corrected chi connectivity index (χ2v) is 8.01.